The number of halogens is 14. The number of hydrogen-bond acceptors (Lipinski definition) is 3. The summed E-state index contributed by atoms with van der Waals surface area (Å²) in [6.07, 6.45) is -17.5. The molecule has 0 aliphatic carbocycles. The minimum absolute atomic E-state index is 1.44. The molecule has 0 fully saturated rings. The van der Waals surface area contributed by atoms with E-state index in [2.05, 4.69) is 0 Å². The molecule has 29 heavy (non-hydrogen) atoms. The van der Waals surface area contributed by atoms with E-state index < -0.39 is 84.4 Å². The number of rotatable bonds is 10. The Morgan fingerprint density at radius 2 is 0.759 bits per heavy atom. The maximum atomic E-state index is 13.7. The molecule has 0 saturated carbocycles. The summed E-state index contributed by atoms with van der Waals surface area (Å²) < 4.78 is 181. The summed E-state index contributed by atoms with van der Waals surface area (Å²) in [5.74, 6) is -26.4. The van der Waals surface area contributed by atoms with Crippen LogP contribution in [0, 0.1) is 0 Å². The highest BCUT2D eigenvalue weighted by Gasteiger charge is 2.78. The van der Waals surface area contributed by atoms with Crippen molar-refractivity contribution < 1.29 is 71.7 Å². The summed E-state index contributed by atoms with van der Waals surface area (Å²) in [6, 6.07) is 0. The number of thioether (sulfide) groups is 1. The zero-order valence-electron chi connectivity index (χ0n) is 13.6. The summed E-state index contributed by atoms with van der Waals surface area (Å²) in [6.45, 7) is -3.26. The van der Waals surface area contributed by atoms with Crippen LogP contribution in [0.2, 0.25) is 0 Å². The standard InChI is InChI=1S/C12H12F14O2S/c13-7(14,9(17,18)11(21,22)23)5(1-3-27)29-6(2-4-28)8(15,16)10(19,20)12(24,25)26/h5-6,27-28H,1-4H2. The van der Waals surface area contributed by atoms with Crippen molar-refractivity contribution in [3.05, 3.63) is 0 Å². The fraction of sp³-hybridized carbons (Fsp3) is 1.00. The molecule has 0 saturated heterocycles. The fourth-order valence-corrected chi connectivity index (χ4v) is 3.40. The number of aliphatic hydroxyl groups excluding tert-OH is 2. The van der Waals surface area contributed by atoms with Crippen molar-refractivity contribution in [1.29, 1.82) is 0 Å². The predicted octanol–water partition coefficient (Wildman–Crippen LogP) is 4.89. The van der Waals surface area contributed by atoms with E-state index in [9.17, 15) is 61.5 Å². The number of aliphatic hydroxyl groups is 2. The maximum absolute atomic E-state index is 13.7. The normalized spacial score (nSPS) is 17.4. The van der Waals surface area contributed by atoms with Crippen molar-refractivity contribution in [1.82, 2.24) is 0 Å². The molecule has 0 spiro atoms. The summed E-state index contributed by atoms with van der Waals surface area (Å²) in [4.78, 5) is 0. The Hall–Kier alpha value is -0.710. The molecule has 0 aromatic carbocycles. The van der Waals surface area contributed by atoms with Gasteiger partial charge >= 0.3 is 36.0 Å². The van der Waals surface area contributed by atoms with Crippen LogP contribution in [0.1, 0.15) is 12.8 Å². The molecule has 0 radical (unpaired) electrons. The molecule has 0 aromatic rings. The van der Waals surface area contributed by atoms with Crippen LogP contribution in [0.3, 0.4) is 0 Å². The molecular weight excluding hydrogens is 474 g/mol. The molecule has 0 aromatic heterocycles. The van der Waals surface area contributed by atoms with Crippen molar-refractivity contribution in [3.63, 3.8) is 0 Å². The third-order valence-electron chi connectivity index (χ3n) is 3.47. The topological polar surface area (TPSA) is 40.5 Å². The monoisotopic (exact) mass is 486 g/mol. The largest absolute Gasteiger partial charge is 0.459 e. The van der Waals surface area contributed by atoms with Gasteiger partial charge in [0.05, 0.1) is 10.5 Å². The summed E-state index contributed by atoms with van der Waals surface area (Å²) in [5.41, 5.74) is 0. The molecule has 0 bridgehead atoms. The predicted molar refractivity (Wildman–Crippen MR) is 70.5 cm³/mol. The van der Waals surface area contributed by atoms with Crippen LogP contribution in [0.15, 0.2) is 0 Å². The smallest absolute Gasteiger partial charge is 0.396 e. The molecule has 2 nitrogen and oxygen atoms in total. The van der Waals surface area contributed by atoms with Gasteiger partial charge in [-0.25, -0.2) is 0 Å². The molecule has 2 unspecified atom stereocenters. The van der Waals surface area contributed by atoms with Crippen LogP contribution in [0.25, 0.3) is 0 Å². The van der Waals surface area contributed by atoms with Crippen molar-refractivity contribution in [3.8, 4) is 0 Å². The maximum Gasteiger partial charge on any atom is 0.459 e. The van der Waals surface area contributed by atoms with Crippen molar-refractivity contribution in [2.45, 2.75) is 59.4 Å². The second kappa shape index (κ2) is 8.80. The Morgan fingerprint density at radius 1 is 0.517 bits per heavy atom. The quantitative estimate of drug-likeness (QED) is 0.433. The fourth-order valence-electron chi connectivity index (χ4n) is 1.88. The van der Waals surface area contributed by atoms with Gasteiger partial charge in [0.25, 0.3) is 0 Å². The second-order valence-corrected chi connectivity index (χ2v) is 6.94. The summed E-state index contributed by atoms with van der Waals surface area (Å²) >= 11 is -1.44. The first-order chi connectivity index (χ1) is 12.6. The van der Waals surface area contributed by atoms with Crippen molar-refractivity contribution in [2.24, 2.45) is 0 Å². The molecule has 0 aliphatic heterocycles. The van der Waals surface area contributed by atoms with Crippen LogP contribution in [-0.2, 0) is 0 Å². The molecule has 0 amide bonds. The van der Waals surface area contributed by atoms with E-state index in [-0.39, 0.29) is 0 Å². The highest BCUT2D eigenvalue weighted by molar-refractivity contribution is 8.00. The van der Waals surface area contributed by atoms with Gasteiger partial charge in [-0.2, -0.15) is 61.5 Å². The molecule has 0 aliphatic rings. The highest BCUT2D eigenvalue weighted by atomic mass is 32.2. The minimum atomic E-state index is -6.95. The minimum Gasteiger partial charge on any atom is -0.396 e. The van der Waals surface area contributed by atoms with Gasteiger partial charge in [-0.15, -0.1) is 11.8 Å². The van der Waals surface area contributed by atoms with E-state index in [1.54, 1.807) is 0 Å². The van der Waals surface area contributed by atoms with E-state index in [1.165, 1.54) is 0 Å². The van der Waals surface area contributed by atoms with Gasteiger partial charge in [-0.3, -0.25) is 0 Å². The van der Waals surface area contributed by atoms with E-state index in [0.29, 0.717) is 0 Å². The average molecular weight is 486 g/mol. The van der Waals surface area contributed by atoms with E-state index in [1.807, 2.05) is 0 Å². The lowest BCUT2D eigenvalue weighted by atomic mass is 10.0. The Balaban J connectivity index is 6.22. The zero-order chi connectivity index (χ0) is 23.7. The van der Waals surface area contributed by atoms with E-state index in [0.717, 1.165) is 0 Å². The van der Waals surface area contributed by atoms with Crippen LogP contribution in [-0.4, -0.2) is 70.0 Å². The van der Waals surface area contributed by atoms with E-state index in [4.69, 9.17) is 10.2 Å². The van der Waals surface area contributed by atoms with Crippen molar-refractivity contribution in [2.75, 3.05) is 13.2 Å². The van der Waals surface area contributed by atoms with Gasteiger partial charge in [0.2, 0.25) is 0 Å². The SMILES string of the molecule is OCCC(SC(CCO)C(F)(F)C(F)(F)C(F)(F)F)C(F)(F)C(F)(F)C(F)(F)F. The van der Waals surface area contributed by atoms with Gasteiger partial charge < -0.3 is 10.2 Å². The van der Waals surface area contributed by atoms with Gasteiger partial charge in [-0.05, 0) is 12.8 Å². The molecule has 0 heterocycles. The van der Waals surface area contributed by atoms with Gasteiger partial charge in [0.1, 0.15) is 0 Å². The lowest BCUT2D eigenvalue weighted by Gasteiger charge is -2.38. The van der Waals surface area contributed by atoms with E-state index >= 15 is 0 Å². The molecule has 17 heteroatoms. The number of hydrogen-bond donors (Lipinski definition) is 2. The lowest BCUT2D eigenvalue weighted by Crippen LogP contribution is -2.60. The Morgan fingerprint density at radius 3 is 0.931 bits per heavy atom. The third-order valence-corrected chi connectivity index (χ3v) is 5.19. The average Bonchev–Trinajstić information content (AvgIpc) is 2.50. The highest BCUT2D eigenvalue weighted by Crippen LogP contribution is 2.56. The van der Waals surface area contributed by atoms with Gasteiger partial charge in [-0.1, -0.05) is 0 Å². The summed E-state index contributed by atoms with van der Waals surface area (Å²) in [5, 5.41) is 9.79. The zero-order valence-corrected chi connectivity index (χ0v) is 14.4. The van der Waals surface area contributed by atoms with Crippen LogP contribution in [0.5, 0.6) is 0 Å². The van der Waals surface area contributed by atoms with Gasteiger partial charge in [0, 0.05) is 13.2 Å². The first kappa shape index (κ1) is 28.3. The van der Waals surface area contributed by atoms with Crippen molar-refractivity contribution >= 4 is 11.8 Å². The lowest BCUT2D eigenvalue weighted by molar-refractivity contribution is -0.356. The molecular formula is C12H12F14O2S. The Kier molecular flexibility index (Phi) is 8.59. The Labute approximate surface area is 157 Å². The summed E-state index contributed by atoms with van der Waals surface area (Å²) in [7, 11) is 0. The molecule has 0 rings (SSSR count). The molecule has 2 atom stereocenters. The Bertz CT molecular complexity index is 484. The van der Waals surface area contributed by atoms with Crippen LogP contribution < -0.4 is 0 Å². The van der Waals surface area contributed by atoms with Crippen LogP contribution >= 0.6 is 11.8 Å². The molecule has 176 valence electrons. The first-order valence-electron chi connectivity index (χ1n) is 7.14. The second-order valence-electron chi connectivity index (χ2n) is 5.53. The number of alkyl halides is 14. The molecule has 2 N–H and O–H groups in total. The van der Waals surface area contributed by atoms with Gasteiger partial charge in [0.15, 0.2) is 0 Å². The van der Waals surface area contributed by atoms with Crippen LogP contribution in [0.4, 0.5) is 61.5 Å². The first-order valence-corrected chi connectivity index (χ1v) is 8.09. The third kappa shape index (κ3) is 5.32.